The standard InChI is InChI=1S/C12H21NO3/c1-3-16-12(15)7-6-11(14)13-9(2)8-10-4-5-10/h9-10H,3-8H2,1-2H3,(H,13,14). The molecule has 0 saturated heterocycles. The Morgan fingerprint density at radius 3 is 2.62 bits per heavy atom. The van der Waals surface area contributed by atoms with Crippen molar-refractivity contribution in [1.29, 1.82) is 0 Å². The molecule has 4 heteroatoms. The highest BCUT2D eigenvalue weighted by atomic mass is 16.5. The molecule has 1 saturated carbocycles. The van der Waals surface area contributed by atoms with Gasteiger partial charge in [0.05, 0.1) is 13.0 Å². The molecule has 1 aliphatic rings. The van der Waals surface area contributed by atoms with Gasteiger partial charge in [-0.25, -0.2) is 0 Å². The van der Waals surface area contributed by atoms with Gasteiger partial charge in [0.1, 0.15) is 0 Å². The van der Waals surface area contributed by atoms with Crippen LogP contribution in [0.4, 0.5) is 0 Å². The minimum Gasteiger partial charge on any atom is -0.466 e. The van der Waals surface area contributed by atoms with Crippen LogP contribution in [-0.4, -0.2) is 24.5 Å². The zero-order valence-corrected chi connectivity index (χ0v) is 10.1. The van der Waals surface area contributed by atoms with Gasteiger partial charge in [0.2, 0.25) is 5.91 Å². The maximum absolute atomic E-state index is 11.4. The van der Waals surface area contributed by atoms with Crippen LogP contribution < -0.4 is 5.32 Å². The topological polar surface area (TPSA) is 55.4 Å². The minimum atomic E-state index is -0.299. The summed E-state index contributed by atoms with van der Waals surface area (Å²) < 4.78 is 4.75. The fraction of sp³-hybridized carbons (Fsp3) is 0.833. The first-order chi connectivity index (χ1) is 7.61. The van der Waals surface area contributed by atoms with Crippen LogP contribution in [-0.2, 0) is 14.3 Å². The van der Waals surface area contributed by atoms with E-state index in [9.17, 15) is 9.59 Å². The molecule has 0 heterocycles. The van der Waals surface area contributed by atoms with Crippen LogP contribution in [0.15, 0.2) is 0 Å². The smallest absolute Gasteiger partial charge is 0.306 e. The second kappa shape index (κ2) is 6.51. The molecule has 1 fully saturated rings. The van der Waals surface area contributed by atoms with E-state index in [1.54, 1.807) is 6.92 Å². The lowest BCUT2D eigenvalue weighted by atomic mass is 10.1. The van der Waals surface area contributed by atoms with Crippen molar-refractivity contribution in [2.75, 3.05) is 6.61 Å². The lowest BCUT2D eigenvalue weighted by molar-refractivity contribution is -0.144. The van der Waals surface area contributed by atoms with Crippen molar-refractivity contribution >= 4 is 11.9 Å². The lowest BCUT2D eigenvalue weighted by Crippen LogP contribution is -2.33. The summed E-state index contributed by atoms with van der Waals surface area (Å²) >= 11 is 0. The monoisotopic (exact) mass is 227 g/mol. The molecule has 1 aliphatic carbocycles. The van der Waals surface area contributed by atoms with Gasteiger partial charge in [0.15, 0.2) is 0 Å². The van der Waals surface area contributed by atoms with Gasteiger partial charge in [-0.15, -0.1) is 0 Å². The van der Waals surface area contributed by atoms with E-state index < -0.39 is 0 Å². The van der Waals surface area contributed by atoms with Gasteiger partial charge in [-0.05, 0) is 26.2 Å². The zero-order chi connectivity index (χ0) is 12.0. The van der Waals surface area contributed by atoms with E-state index >= 15 is 0 Å². The summed E-state index contributed by atoms with van der Waals surface area (Å²) in [5.74, 6) is 0.453. The quantitative estimate of drug-likeness (QED) is 0.673. The number of amides is 1. The van der Waals surface area contributed by atoms with Gasteiger partial charge in [0.25, 0.3) is 0 Å². The maximum atomic E-state index is 11.4. The third-order valence-corrected chi connectivity index (χ3v) is 2.65. The molecule has 0 aromatic rings. The third-order valence-electron chi connectivity index (χ3n) is 2.65. The highest BCUT2D eigenvalue weighted by molar-refractivity contribution is 5.81. The fourth-order valence-electron chi connectivity index (χ4n) is 1.71. The van der Waals surface area contributed by atoms with Crippen molar-refractivity contribution in [3.05, 3.63) is 0 Å². The number of nitrogens with one attached hydrogen (secondary N) is 1. The van der Waals surface area contributed by atoms with Crippen molar-refractivity contribution < 1.29 is 14.3 Å². The molecule has 16 heavy (non-hydrogen) atoms. The Morgan fingerprint density at radius 1 is 1.38 bits per heavy atom. The average Bonchev–Trinajstić information content (AvgIpc) is 2.99. The summed E-state index contributed by atoms with van der Waals surface area (Å²) in [5.41, 5.74) is 0. The molecule has 1 amide bonds. The number of hydrogen-bond acceptors (Lipinski definition) is 3. The van der Waals surface area contributed by atoms with E-state index in [0.717, 1.165) is 12.3 Å². The number of carbonyl (C=O) groups is 2. The van der Waals surface area contributed by atoms with Crippen LogP contribution in [0.3, 0.4) is 0 Å². The molecule has 1 N–H and O–H groups in total. The number of rotatable bonds is 7. The van der Waals surface area contributed by atoms with E-state index in [2.05, 4.69) is 5.32 Å². The lowest BCUT2D eigenvalue weighted by Gasteiger charge is -2.12. The van der Waals surface area contributed by atoms with Crippen LogP contribution in [0.25, 0.3) is 0 Å². The van der Waals surface area contributed by atoms with E-state index in [-0.39, 0.29) is 30.8 Å². The van der Waals surface area contributed by atoms with E-state index in [1.807, 2.05) is 6.92 Å². The molecule has 0 aliphatic heterocycles. The molecule has 0 radical (unpaired) electrons. The Morgan fingerprint density at radius 2 is 2.06 bits per heavy atom. The predicted octanol–water partition coefficient (Wildman–Crippen LogP) is 1.63. The van der Waals surface area contributed by atoms with Crippen molar-refractivity contribution in [3.8, 4) is 0 Å². The van der Waals surface area contributed by atoms with Gasteiger partial charge in [-0.1, -0.05) is 12.8 Å². The Labute approximate surface area is 96.7 Å². The first kappa shape index (κ1) is 13.0. The molecule has 1 unspecified atom stereocenters. The summed E-state index contributed by atoms with van der Waals surface area (Å²) in [4.78, 5) is 22.5. The summed E-state index contributed by atoms with van der Waals surface area (Å²) in [5, 5.41) is 2.90. The highest BCUT2D eigenvalue weighted by Crippen LogP contribution is 2.33. The van der Waals surface area contributed by atoms with Gasteiger partial charge >= 0.3 is 5.97 Å². The largest absolute Gasteiger partial charge is 0.466 e. The van der Waals surface area contributed by atoms with Gasteiger partial charge in [-0.3, -0.25) is 9.59 Å². The third kappa shape index (κ3) is 5.73. The normalized spacial score (nSPS) is 16.6. The SMILES string of the molecule is CCOC(=O)CCC(=O)NC(C)CC1CC1. The average molecular weight is 227 g/mol. The van der Waals surface area contributed by atoms with E-state index in [4.69, 9.17) is 4.74 Å². The summed E-state index contributed by atoms with van der Waals surface area (Å²) in [7, 11) is 0. The first-order valence-corrected chi connectivity index (χ1v) is 6.06. The second-order valence-corrected chi connectivity index (χ2v) is 4.45. The predicted molar refractivity (Wildman–Crippen MR) is 60.8 cm³/mol. The minimum absolute atomic E-state index is 0.0544. The van der Waals surface area contributed by atoms with Gasteiger partial charge in [-0.2, -0.15) is 0 Å². The zero-order valence-electron chi connectivity index (χ0n) is 10.1. The van der Waals surface area contributed by atoms with Crippen LogP contribution >= 0.6 is 0 Å². The first-order valence-electron chi connectivity index (χ1n) is 6.06. The van der Waals surface area contributed by atoms with Gasteiger partial charge < -0.3 is 10.1 Å². The molecular formula is C12H21NO3. The molecule has 0 spiro atoms. The molecule has 0 aromatic heterocycles. The van der Waals surface area contributed by atoms with Crippen molar-refractivity contribution in [1.82, 2.24) is 5.32 Å². The molecule has 92 valence electrons. The van der Waals surface area contributed by atoms with Crippen LogP contribution in [0.2, 0.25) is 0 Å². The number of carbonyl (C=O) groups excluding carboxylic acids is 2. The van der Waals surface area contributed by atoms with Crippen LogP contribution in [0.1, 0.15) is 46.0 Å². The van der Waals surface area contributed by atoms with Crippen LogP contribution in [0, 0.1) is 5.92 Å². The molecular weight excluding hydrogens is 206 g/mol. The second-order valence-electron chi connectivity index (χ2n) is 4.45. The van der Waals surface area contributed by atoms with Crippen molar-refractivity contribution in [2.45, 2.75) is 52.0 Å². The molecule has 1 atom stereocenters. The maximum Gasteiger partial charge on any atom is 0.306 e. The van der Waals surface area contributed by atoms with Crippen LogP contribution in [0.5, 0.6) is 0 Å². The van der Waals surface area contributed by atoms with Crippen molar-refractivity contribution in [2.24, 2.45) is 5.92 Å². The Hall–Kier alpha value is -1.06. The molecule has 0 bridgehead atoms. The van der Waals surface area contributed by atoms with E-state index in [0.29, 0.717) is 6.61 Å². The van der Waals surface area contributed by atoms with Crippen molar-refractivity contribution in [3.63, 3.8) is 0 Å². The summed E-state index contributed by atoms with van der Waals surface area (Å²) in [6.45, 7) is 4.15. The number of hydrogen-bond donors (Lipinski definition) is 1. The van der Waals surface area contributed by atoms with Gasteiger partial charge in [0, 0.05) is 12.5 Å². The Kier molecular flexibility index (Phi) is 5.29. The number of esters is 1. The Bertz CT molecular complexity index is 249. The molecule has 4 nitrogen and oxygen atoms in total. The number of ether oxygens (including phenoxy) is 1. The fourth-order valence-corrected chi connectivity index (χ4v) is 1.71. The highest BCUT2D eigenvalue weighted by Gasteiger charge is 2.24. The summed E-state index contributed by atoms with van der Waals surface area (Å²) in [6.07, 6.45) is 4.06. The van der Waals surface area contributed by atoms with E-state index in [1.165, 1.54) is 12.8 Å². The Balaban J connectivity index is 2.06. The summed E-state index contributed by atoms with van der Waals surface area (Å²) in [6, 6.07) is 0.224. The molecule has 1 rings (SSSR count). The molecule has 0 aromatic carbocycles.